The van der Waals surface area contributed by atoms with Gasteiger partial charge in [0.05, 0.1) is 18.0 Å². The monoisotopic (exact) mass is 496 g/mol. The van der Waals surface area contributed by atoms with Crippen LogP contribution in [0.25, 0.3) is 0 Å². The highest BCUT2D eigenvalue weighted by molar-refractivity contribution is 5.96. The Hall–Kier alpha value is -2.62. The summed E-state index contributed by atoms with van der Waals surface area (Å²) in [6.07, 6.45) is -1.44. The van der Waals surface area contributed by atoms with Gasteiger partial charge in [0, 0.05) is 36.8 Å². The van der Waals surface area contributed by atoms with Crippen LogP contribution in [0, 0.1) is 5.92 Å². The maximum Gasteiger partial charge on any atom is 0.416 e. The molecule has 1 aromatic carbocycles. The van der Waals surface area contributed by atoms with E-state index in [1.54, 1.807) is 0 Å². The number of likely N-dealkylation sites (tertiary alicyclic amines) is 1. The second-order valence-corrected chi connectivity index (χ2v) is 9.61. The Morgan fingerprint density at radius 2 is 1.89 bits per heavy atom. The normalized spacial score (nSPS) is 22.6. The van der Waals surface area contributed by atoms with Crippen LogP contribution >= 0.6 is 0 Å². The van der Waals surface area contributed by atoms with E-state index >= 15 is 0 Å². The van der Waals surface area contributed by atoms with E-state index in [-0.39, 0.29) is 36.0 Å². The lowest BCUT2D eigenvalue weighted by Crippen LogP contribution is -2.57. The van der Waals surface area contributed by atoms with Crippen molar-refractivity contribution in [2.45, 2.75) is 70.8 Å². The van der Waals surface area contributed by atoms with Crippen molar-refractivity contribution in [3.63, 3.8) is 0 Å². The Kier molecular flexibility index (Phi) is 8.79. The molecule has 2 aliphatic rings. The summed E-state index contributed by atoms with van der Waals surface area (Å²) in [4.78, 5) is 42.3. The molecular weight excluding hydrogens is 461 g/mol. The van der Waals surface area contributed by atoms with E-state index in [1.165, 1.54) is 6.07 Å². The van der Waals surface area contributed by atoms with Gasteiger partial charge in [-0.05, 0) is 64.3 Å². The molecular formula is C25H35F3N4O3. The molecule has 35 heavy (non-hydrogen) atoms. The van der Waals surface area contributed by atoms with E-state index in [9.17, 15) is 27.6 Å². The summed E-state index contributed by atoms with van der Waals surface area (Å²) in [7, 11) is 0. The number of hydrogen-bond donors (Lipinski definition) is 2. The van der Waals surface area contributed by atoms with Crippen LogP contribution in [0.3, 0.4) is 0 Å². The quantitative estimate of drug-likeness (QED) is 0.580. The maximum atomic E-state index is 13.2. The van der Waals surface area contributed by atoms with Gasteiger partial charge in [-0.1, -0.05) is 13.0 Å². The van der Waals surface area contributed by atoms with Crippen molar-refractivity contribution in [1.29, 1.82) is 0 Å². The van der Waals surface area contributed by atoms with Crippen molar-refractivity contribution in [2.75, 3.05) is 26.2 Å². The van der Waals surface area contributed by atoms with E-state index in [0.29, 0.717) is 18.9 Å². The standard InChI is InChI=1S/C25H35F3N4O3/c1-4-32(16(2)3)19-9-10-21(20(14-19)24(35)31-11-6-12-31)30-22(33)15-29-23(34)17-7-5-8-18(13-17)25(26,27)28/h5,7-8,13,16,19-21H,4,6,9-12,14-15H2,1-3H3,(H,29,34)(H,30,33)/t19-,20+,21+/m1/s1. The largest absolute Gasteiger partial charge is 0.416 e. The SMILES string of the molecule is CCN(C(C)C)[C@@H]1CC[C@H](NC(=O)CNC(=O)c2cccc(C(F)(F)F)c2)[C@@H](C(=O)N2CCC2)C1. The fourth-order valence-electron chi connectivity index (χ4n) is 5.07. The van der Waals surface area contributed by atoms with Gasteiger partial charge in [-0.15, -0.1) is 0 Å². The van der Waals surface area contributed by atoms with Gasteiger partial charge in [0.25, 0.3) is 5.91 Å². The average Bonchev–Trinajstić information content (AvgIpc) is 2.76. The minimum atomic E-state index is -4.56. The van der Waals surface area contributed by atoms with Gasteiger partial charge in [-0.3, -0.25) is 19.3 Å². The number of nitrogens with zero attached hydrogens (tertiary/aromatic N) is 2. The molecule has 3 rings (SSSR count). The molecule has 0 radical (unpaired) electrons. The van der Waals surface area contributed by atoms with Gasteiger partial charge in [0.1, 0.15) is 0 Å². The van der Waals surface area contributed by atoms with Crippen LogP contribution in [0.1, 0.15) is 62.4 Å². The first kappa shape index (κ1) is 27.0. The Morgan fingerprint density at radius 3 is 2.46 bits per heavy atom. The van der Waals surface area contributed by atoms with Crippen molar-refractivity contribution in [3.8, 4) is 0 Å². The lowest BCUT2D eigenvalue weighted by molar-refractivity contribution is -0.142. The number of alkyl halides is 3. The molecule has 7 nitrogen and oxygen atoms in total. The third-order valence-corrected chi connectivity index (χ3v) is 7.01. The highest BCUT2D eigenvalue weighted by Gasteiger charge is 2.41. The minimum absolute atomic E-state index is 0.0547. The molecule has 0 bridgehead atoms. The summed E-state index contributed by atoms with van der Waals surface area (Å²) in [6.45, 7) is 8.34. The Balaban J connectivity index is 1.61. The number of halogens is 3. The van der Waals surface area contributed by atoms with Crippen LogP contribution in [0.2, 0.25) is 0 Å². The summed E-state index contributed by atoms with van der Waals surface area (Å²) in [5.41, 5.74) is -1.10. The first-order chi connectivity index (χ1) is 16.5. The van der Waals surface area contributed by atoms with E-state index in [2.05, 4.69) is 36.3 Å². The van der Waals surface area contributed by atoms with Crippen molar-refractivity contribution in [3.05, 3.63) is 35.4 Å². The number of benzene rings is 1. The molecule has 1 heterocycles. The van der Waals surface area contributed by atoms with Crippen LogP contribution in [0.5, 0.6) is 0 Å². The van der Waals surface area contributed by atoms with Gasteiger partial charge in [0.2, 0.25) is 11.8 Å². The average molecular weight is 497 g/mol. The number of carbonyl (C=O) groups is 3. The Bertz CT molecular complexity index is 917. The molecule has 10 heteroatoms. The first-order valence-corrected chi connectivity index (χ1v) is 12.3. The van der Waals surface area contributed by atoms with Gasteiger partial charge >= 0.3 is 6.18 Å². The van der Waals surface area contributed by atoms with Crippen LogP contribution in [0.4, 0.5) is 13.2 Å². The summed E-state index contributed by atoms with van der Waals surface area (Å²) < 4.78 is 38.7. The molecule has 1 aromatic rings. The number of amides is 3. The third kappa shape index (κ3) is 6.74. The van der Waals surface area contributed by atoms with Crippen molar-refractivity contribution >= 4 is 17.7 Å². The molecule has 3 amide bonds. The fourth-order valence-corrected chi connectivity index (χ4v) is 5.07. The predicted octanol–water partition coefficient (Wildman–Crippen LogP) is 3.05. The van der Waals surface area contributed by atoms with Crippen molar-refractivity contribution < 1.29 is 27.6 Å². The zero-order valence-corrected chi connectivity index (χ0v) is 20.5. The second kappa shape index (κ2) is 11.4. The molecule has 194 valence electrons. The van der Waals surface area contributed by atoms with Crippen LogP contribution in [0.15, 0.2) is 24.3 Å². The summed E-state index contributed by atoms with van der Waals surface area (Å²) in [5.74, 6) is -1.52. The number of carbonyl (C=O) groups excluding carboxylic acids is 3. The number of rotatable bonds is 8. The van der Waals surface area contributed by atoms with Crippen molar-refractivity contribution in [2.24, 2.45) is 5.92 Å². The first-order valence-electron chi connectivity index (χ1n) is 12.3. The van der Waals surface area contributed by atoms with E-state index in [0.717, 1.165) is 50.7 Å². The zero-order chi connectivity index (χ0) is 25.8. The molecule has 2 N–H and O–H groups in total. The van der Waals surface area contributed by atoms with Gasteiger partial charge in [-0.2, -0.15) is 13.2 Å². The summed E-state index contributed by atoms with van der Waals surface area (Å²) in [6, 6.07) is 4.31. The summed E-state index contributed by atoms with van der Waals surface area (Å²) >= 11 is 0. The Morgan fingerprint density at radius 1 is 1.17 bits per heavy atom. The molecule has 0 aromatic heterocycles. The molecule has 1 aliphatic heterocycles. The fraction of sp³-hybridized carbons (Fsp3) is 0.640. The van der Waals surface area contributed by atoms with E-state index in [4.69, 9.17) is 0 Å². The number of hydrogen-bond acceptors (Lipinski definition) is 4. The number of nitrogens with one attached hydrogen (secondary N) is 2. The lowest BCUT2D eigenvalue weighted by atomic mass is 9.79. The Labute approximate surface area is 204 Å². The van der Waals surface area contributed by atoms with Gasteiger partial charge < -0.3 is 15.5 Å². The molecule has 0 spiro atoms. The molecule has 1 saturated heterocycles. The maximum absolute atomic E-state index is 13.2. The smallest absolute Gasteiger partial charge is 0.351 e. The highest BCUT2D eigenvalue weighted by atomic mass is 19.4. The predicted molar refractivity (Wildman–Crippen MR) is 126 cm³/mol. The van der Waals surface area contributed by atoms with Gasteiger partial charge in [0.15, 0.2) is 0 Å². The molecule has 1 aliphatic carbocycles. The van der Waals surface area contributed by atoms with Crippen LogP contribution in [-0.4, -0.2) is 71.8 Å². The third-order valence-electron chi connectivity index (χ3n) is 7.01. The highest BCUT2D eigenvalue weighted by Crippen LogP contribution is 2.32. The molecule has 1 saturated carbocycles. The van der Waals surface area contributed by atoms with Crippen LogP contribution < -0.4 is 10.6 Å². The second-order valence-electron chi connectivity index (χ2n) is 9.61. The van der Waals surface area contributed by atoms with E-state index < -0.39 is 23.6 Å². The topological polar surface area (TPSA) is 81.8 Å². The van der Waals surface area contributed by atoms with Crippen molar-refractivity contribution in [1.82, 2.24) is 20.4 Å². The van der Waals surface area contributed by atoms with Gasteiger partial charge in [-0.25, -0.2) is 0 Å². The zero-order valence-electron chi connectivity index (χ0n) is 20.5. The molecule has 3 atom stereocenters. The molecule has 0 unspecified atom stereocenters. The minimum Gasteiger partial charge on any atom is -0.351 e. The molecule has 2 fully saturated rings. The van der Waals surface area contributed by atoms with E-state index in [1.807, 2.05) is 4.90 Å². The summed E-state index contributed by atoms with van der Waals surface area (Å²) in [5, 5.41) is 5.29. The lowest BCUT2D eigenvalue weighted by Gasteiger charge is -2.44. The van der Waals surface area contributed by atoms with Crippen LogP contribution in [-0.2, 0) is 15.8 Å².